The number of hydrogen-bond acceptors (Lipinski definition) is 6. The van der Waals surface area contributed by atoms with Gasteiger partial charge in [0.25, 0.3) is 0 Å². The van der Waals surface area contributed by atoms with Crippen LogP contribution in [0.1, 0.15) is 38.5 Å². The zero-order chi connectivity index (χ0) is 20.1. The summed E-state index contributed by atoms with van der Waals surface area (Å²) in [5, 5.41) is 8.76. The van der Waals surface area contributed by atoms with Crippen molar-refractivity contribution >= 4 is 22.8 Å². The minimum absolute atomic E-state index is 0.0907. The van der Waals surface area contributed by atoms with Gasteiger partial charge in [-0.2, -0.15) is 5.10 Å². The van der Waals surface area contributed by atoms with Crippen molar-refractivity contribution < 1.29 is 9.53 Å². The molecule has 30 heavy (non-hydrogen) atoms. The van der Waals surface area contributed by atoms with Crippen LogP contribution in [0.25, 0.3) is 11.0 Å². The zero-order valence-electron chi connectivity index (χ0n) is 17.4. The third kappa shape index (κ3) is 3.07. The molecule has 7 rings (SSSR count). The van der Waals surface area contributed by atoms with Gasteiger partial charge in [-0.3, -0.25) is 4.79 Å². The molecule has 160 valence electrons. The van der Waals surface area contributed by atoms with E-state index in [1.807, 2.05) is 10.9 Å². The van der Waals surface area contributed by atoms with E-state index in [9.17, 15) is 4.79 Å². The number of rotatable bonds is 5. The Bertz CT molecular complexity index is 915. The molecule has 4 bridgehead atoms. The van der Waals surface area contributed by atoms with E-state index in [1.54, 1.807) is 6.33 Å². The number of carbonyl (C=O) groups excluding carboxylic acids is 1. The summed E-state index contributed by atoms with van der Waals surface area (Å²) in [6, 6.07) is 0. The smallest absolute Gasteiger partial charge is 0.226 e. The highest BCUT2D eigenvalue weighted by molar-refractivity contribution is 5.86. The van der Waals surface area contributed by atoms with E-state index in [0.29, 0.717) is 13.1 Å². The molecule has 4 saturated carbocycles. The summed E-state index contributed by atoms with van der Waals surface area (Å²) < 4.78 is 7.35. The first kappa shape index (κ1) is 18.5. The minimum atomic E-state index is -0.0907. The van der Waals surface area contributed by atoms with Crippen LogP contribution in [-0.4, -0.2) is 58.5 Å². The fraction of sp³-hybridized carbons (Fsp3) is 0.727. The van der Waals surface area contributed by atoms with Gasteiger partial charge < -0.3 is 15.0 Å². The quantitative estimate of drug-likeness (QED) is 0.812. The maximum atomic E-state index is 13.2. The minimum Gasteiger partial charge on any atom is -0.378 e. The van der Waals surface area contributed by atoms with Crippen LogP contribution in [0.5, 0.6) is 0 Å². The Morgan fingerprint density at radius 3 is 2.50 bits per heavy atom. The van der Waals surface area contributed by atoms with E-state index >= 15 is 0 Å². The van der Waals surface area contributed by atoms with Gasteiger partial charge in [-0.15, -0.1) is 0 Å². The molecule has 1 N–H and O–H groups in total. The van der Waals surface area contributed by atoms with Crippen LogP contribution in [0.3, 0.4) is 0 Å². The highest BCUT2D eigenvalue weighted by Gasteiger charge is 2.54. The van der Waals surface area contributed by atoms with Crippen LogP contribution in [0.4, 0.5) is 5.82 Å². The molecule has 0 unspecified atom stereocenters. The maximum Gasteiger partial charge on any atom is 0.226 e. The maximum absolute atomic E-state index is 13.2. The average molecular weight is 411 g/mol. The molecule has 3 heterocycles. The number of aromatic nitrogens is 4. The highest BCUT2D eigenvalue weighted by atomic mass is 16.5. The van der Waals surface area contributed by atoms with Crippen LogP contribution < -0.4 is 10.2 Å². The lowest BCUT2D eigenvalue weighted by molar-refractivity contribution is -0.146. The summed E-state index contributed by atoms with van der Waals surface area (Å²) in [4.78, 5) is 24.4. The van der Waals surface area contributed by atoms with Crippen molar-refractivity contribution in [1.82, 2.24) is 25.1 Å². The Balaban J connectivity index is 1.13. The van der Waals surface area contributed by atoms with E-state index in [4.69, 9.17) is 4.74 Å². The second kappa shape index (κ2) is 7.18. The predicted octanol–water partition coefficient (Wildman–Crippen LogP) is 2.00. The van der Waals surface area contributed by atoms with Crippen molar-refractivity contribution in [2.45, 2.75) is 45.1 Å². The number of nitrogens with one attached hydrogen (secondary N) is 1. The molecule has 5 aliphatic rings. The Morgan fingerprint density at radius 2 is 1.80 bits per heavy atom. The van der Waals surface area contributed by atoms with Gasteiger partial charge in [0.1, 0.15) is 12.1 Å². The Morgan fingerprint density at radius 1 is 1.10 bits per heavy atom. The molecule has 0 radical (unpaired) electrons. The van der Waals surface area contributed by atoms with E-state index in [-0.39, 0.29) is 11.3 Å². The molecule has 8 heteroatoms. The van der Waals surface area contributed by atoms with Crippen molar-refractivity contribution in [3.05, 3.63) is 12.5 Å². The summed E-state index contributed by atoms with van der Waals surface area (Å²) in [5.41, 5.74) is 0.739. The second-order valence-electron chi connectivity index (χ2n) is 9.86. The summed E-state index contributed by atoms with van der Waals surface area (Å²) in [6.45, 7) is 4.32. The molecule has 5 fully saturated rings. The van der Waals surface area contributed by atoms with Gasteiger partial charge in [-0.1, -0.05) is 0 Å². The summed E-state index contributed by atoms with van der Waals surface area (Å²) in [6.07, 6.45) is 10.8. The standard InChI is InChI=1S/C22H30N6O2/c29-21(22-10-15-7-16(11-22)9-17(8-15)12-22)23-1-2-28-20-18(13-26-28)19(24-14-25-20)27-3-5-30-6-4-27/h13-17H,1-12H2,(H,23,29). The molecule has 1 aliphatic heterocycles. The third-order valence-corrected chi connectivity index (χ3v) is 7.85. The van der Waals surface area contributed by atoms with Gasteiger partial charge in [-0.05, 0) is 56.3 Å². The van der Waals surface area contributed by atoms with Crippen LogP contribution in [0.2, 0.25) is 0 Å². The fourth-order valence-corrected chi connectivity index (χ4v) is 6.92. The van der Waals surface area contributed by atoms with Gasteiger partial charge >= 0.3 is 0 Å². The lowest BCUT2D eigenvalue weighted by Crippen LogP contribution is -2.53. The molecule has 0 spiro atoms. The van der Waals surface area contributed by atoms with Crippen LogP contribution in [0, 0.1) is 23.2 Å². The van der Waals surface area contributed by atoms with Crippen LogP contribution in [-0.2, 0) is 16.1 Å². The Hall–Kier alpha value is -2.22. The first-order valence-electron chi connectivity index (χ1n) is 11.5. The van der Waals surface area contributed by atoms with Gasteiger partial charge in [-0.25, -0.2) is 14.6 Å². The number of anilines is 1. The number of morpholine rings is 1. The molecule has 4 aliphatic carbocycles. The fourth-order valence-electron chi connectivity index (χ4n) is 6.92. The normalized spacial score (nSPS) is 32.7. The summed E-state index contributed by atoms with van der Waals surface area (Å²) in [5.74, 6) is 3.56. The van der Waals surface area contributed by atoms with Gasteiger partial charge in [0.05, 0.1) is 31.3 Å². The van der Waals surface area contributed by atoms with E-state index in [0.717, 1.165) is 80.2 Å². The van der Waals surface area contributed by atoms with E-state index in [2.05, 4.69) is 25.3 Å². The van der Waals surface area contributed by atoms with Crippen LogP contribution in [0.15, 0.2) is 12.5 Å². The van der Waals surface area contributed by atoms with E-state index in [1.165, 1.54) is 19.3 Å². The molecule has 8 nitrogen and oxygen atoms in total. The molecule has 1 saturated heterocycles. The van der Waals surface area contributed by atoms with Crippen molar-refractivity contribution in [1.29, 1.82) is 0 Å². The number of amides is 1. The van der Waals surface area contributed by atoms with Crippen molar-refractivity contribution in [3.63, 3.8) is 0 Å². The zero-order valence-corrected chi connectivity index (χ0v) is 17.4. The van der Waals surface area contributed by atoms with Gasteiger partial charge in [0.2, 0.25) is 5.91 Å². The number of carbonyl (C=O) groups is 1. The second-order valence-corrected chi connectivity index (χ2v) is 9.86. The van der Waals surface area contributed by atoms with Crippen molar-refractivity contribution in [2.75, 3.05) is 37.7 Å². The largest absolute Gasteiger partial charge is 0.378 e. The van der Waals surface area contributed by atoms with Crippen LogP contribution >= 0.6 is 0 Å². The topological polar surface area (TPSA) is 85.2 Å². The molecular weight excluding hydrogens is 380 g/mol. The van der Waals surface area contributed by atoms with Crippen molar-refractivity contribution in [3.8, 4) is 0 Å². The molecule has 0 aromatic carbocycles. The number of ether oxygens (including phenoxy) is 1. The third-order valence-electron chi connectivity index (χ3n) is 7.85. The average Bonchev–Trinajstić information content (AvgIpc) is 3.16. The Labute approximate surface area is 176 Å². The summed E-state index contributed by atoms with van der Waals surface area (Å²) in [7, 11) is 0. The summed E-state index contributed by atoms with van der Waals surface area (Å²) >= 11 is 0. The molecule has 1 amide bonds. The molecule has 2 aromatic heterocycles. The molecule has 0 atom stereocenters. The van der Waals surface area contributed by atoms with Crippen molar-refractivity contribution in [2.24, 2.45) is 23.2 Å². The SMILES string of the molecule is O=C(NCCn1ncc2c(N3CCOCC3)ncnc21)C12CC3CC(CC(C3)C1)C2. The van der Waals surface area contributed by atoms with Gasteiger partial charge in [0.15, 0.2) is 5.65 Å². The number of nitrogens with zero attached hydrogens (tertiary/aromatic N) is 5. The molecule has 2 aromatic rings. The first-order chi connectivity index (χ1) is 14.7. The van der Waals surface area contributed by atoms with E-state index < -0.39 is 0 Å². The lowest BCUT2D eigenvalue weighted by Gasteiger charge is -2.55. The lowest BCUT2D eigenvalue weighted by atomic mass is 9.49. The number of hydrogen-bond donors (Lipinski definition) is 1. The predicted molar refractivity (Wildman–Crippen MR) is 112 cm³/mol. The highest BCUT2D eigenvalue weighted by Crippen LogP contribution is 2.60. The first-order valence-corrected chi connectivity index (χ1v) is 11.5. The van der Waals surface area contributed by atoms with Gasteiger partial charge in [0, 0.05) is 25.0 Å². The molecular formula is C22H30N6O2. The monoisotopic (exact) mass is 410 g/mol. The number of fused-ring (bicyclic) bond motifs is 1. The Kier molecular flexibility index (Phi) is 4.44.